The molecular formula is C34H41FN4O5. The molecule has 0 radical (unpaired) electrons. The maximum atomic E-state index is 15.0. The van der Waals surface area contributed by atoms with Crippen LogP contribution in [0.3, 0.4) is 0 Å². The first-order valence-electron chi connectivity index (χ1n) is 15.3. The normalized spacial score (nSPS) is 19.4. The Balaban J connectivity index is 1.18. The van der Waals surface area contributed by atoms with E-state index in [0.29, 0.717) is 40.4 Å². The van der Waals surface area contributed by atoms with Crippen molar-refractivity contribution < 1.29 is 28.2 Å². The van der Waals surface area contributed by atoms with Crippen LogP contribution in [0.2, 0.25) is 0 Å². The number of nitrogens with zero attached hydrogens (tertiary/aromatic N) is 1. The number of halogens is 1. The van der Waals surface area contributed by atoms with Crippen molar-refractivity contribution in [1.29, 1.82) is 0 Å². The van der Waals surface area contributed by atoms with Crippen LogP contribution in [0.5, 0.6) is 23.0 Å². The Morgan fingerprint density at radius 2 is 1.66 bits per heavy atom. The van der Waals surface area contributed by atoms with E-state index in [1.54, 1.807) is 48.5 Å². The molecule has 10 heteroatoms. The second kappa shape index (κ2) is 13.5. The van der Waals surface area contributed by atoms with Crippen LogP contribution in [0, 0.1) is 5.82 Å². The first-order chi connectivity index (χ1) is 21.2. The molecule has 234 valence electrons. The van der Waals surface area contributed by atoms with E-state index in [1.807, 2.05) is 13.8 Å². The monoisotopic (exact) mass is 604 g/mol. The van der Waals surface area contributed by atoms with Crippen molar-refractivity contribution in [2.45, 2.75) is 76.6 Å². The molecular weight excluding hydrogens is 563 g/mol. The molecule has 2 unspecified atom stereocenters. The Bertz CT molecular complexity index is 1470. The summed E-state index contributed by atoms with van der Waals surface area (Å²) in [6.07, 6.45) is 6.88. The fraction of sp³-hybridized carbons (Fsp3) is 0.412. The maximum Gasteiger partial charge on any atom is 0.319 e. The first kappa shape index (κ1) is 31.1. The van der Waals surface area contributed by atoms with Gasteiger partial charge in [0, 0.05) is 48.4 Å². The van der Waals surface area contributed by atoms with Crippen LogP contribution in [-0.4, -0.2) is 48.8 Å². The van der Waals surface area contributed by atoms with Crippen LogP contribution in [0.15, 0.2) is 60.7 Å². The van der Waals surface area contributed by atoms with Crippen LogP contribution in [-0.2, 0) is 0 Å². The fourth-order valence-electron chi connectivity index (χ4n) is 6.09. The van der Waals surface area contributed by atoms with Crippen molar-refractivity contribution in [3.63, 3.8) is 0 Å². The number of nitrogens with one attached hydrogen (secondary N) is 3. The van der Waals surface area contributed by atoms with Gasteiger partial charge in [-0.15, -0.1) is 0 Å². The van der Waals surface area contributed by atoms with E-state index in [9.17, 15) is 9.59 Å². The van der Waals surface area contributed by atoms with Crippen molar-refractivity contribution in [3.8, 4) is 23.0 Å². The summed E-state index contributed by atoms with van der Waals surface area (Å²) >= 11 is 0. The number of anilines is 2. The van der Waals surface area contributed by atoms with Gasteiger partial charge in [-0.1, -0.05) is 13.8 Å². The third-order valence-electron chi connectivity index (χ3n) is 8.74. The zero-order valence-corrected chi connectivity index (χ0v) is 25.7. The van der Waals surface area contributed by atoms with E-state index in [0.717, 1.165) is 38.5 Å². The second-order valence-electron chi connectivity index (χ2n) is 11.4. The van der Waals surface area contributed by atoms with E-state index < -0.39 is 17.4 Å². The average Bonchev–Trinajstić information content (AvgIpc) is 3.17. The molecule has 2 aliphatic heterocycles. The third kappa shape index (κ3) is 6.91. The van der Waals surface area contributed by atoms with Crippen molar-refractivity contribution in [1.82, 2.24) is 10.2 Å². The lowest BCUT2D eigenvalue weighted by Gasteiger charge is -2.42. The van der Waals surface area contributed by atoms with Crippen LogP contribution < -0.4 is 30.2 Å². The number of methoxy groups -OCH3 is 1. The molecule has 2 heterocycles. The molecule has 0 aromatic heterocycles. The van der Waals surface area contributed by atoms with E-state index in [4.69, 9.17) is 14.2 Å². The maximum absolute atomic E-state index is 15.0. The molecule has 3 aromatic carbocycles. The van der Waals surface area contributed by atoms with Gasteiger partial charge in [-0.2, -0.15) is 0 Å². The van der Waals surface area contributed by atoms with Crippen molar-refractivity contribution >= 4 is 23.3 Å². The van der Waals surface area contributed by atoms with Gasteiger partial charge in [0.15, 0.2) is 17.2 Å². The number of ether oxygens (including phenoxy) is 3. The Morgan fingerprint density at radius 3 is 2.36 bits per heavy atom. The molecule has 3 amide bonds. The number of hydrogen-bond acceptors (Lipinski definition) is 6. The quantitative estimate of drug-likeness (QED) is 0.209. The van der Waals surface area contributed by atoms with Crippen LogP contribution in [0.1, 0.15) is 69.2 Å². The molecule has 9 nitrogen and oxygen atoms in total. The molecule has 2 atom stereocenters. The molecule has 2 saturated heterocycles. The van der Waals surface area contributed by atoms with Gasteiger partial charge in [-0.05, 0) is 87.7 Å². The lowest BCUT2D eigenvalue weighted by Crippen LogP contribution is -2.51. The minimum absolute atomic E-state index is 0.0662. The van der Waals surface area contributed by atoms with E-state index >= 15 is 4.39 Å². The van der Waals surface area contributed by atoms with Gasteiger partial charge in [0.05, 0.1) is 12.7 Å². The summed E-state index contributed by atoms with van der Waals surface area (Å²) in [7, 11) is 3.60. The Morgan fingerprint density at radius 1 is 0.932 bits per heavy atom. The number of piperidine rings is 1. The number of fused-ring (bicyclic) bond motifs is 2. The van der Waals surface area contributed by atoms with Crippen molar-refractivity contribution in [2.75, 3.05) is 24.8 Å². The molecule has 2 bridgehead atoms. The summed E-state index contributed by atoms with van der Waals surface area (Å²) < 4.78 is 32.8. The molecule has 2 aliphatic rings. The summed E-state index contributed by atoms with van der Waals surface area (Å²) in [4.78, 5) is 27.5. The van der Waals surface area contributed by atoms with Crippen molar-refractivity contribution in [2.24, 2.45) is 0 Å². The summed E-state index contributed by atoms with van der Waals surface area (Å²) in [6.45, 7) is 4.05. The number of benzene rings is 3. The van der Waals surface area contributed by atoms with Crippen LogP contribution in [0.25, 0.3) is 0 Å². The zero-order chi connectivity index (χ0) is 31.3. The molecule has 2 fully saturated rings. The van der Waals surface area contributed by atoms with E-state index in [1.165, 1.54) is 25.7 Å². The smallest absolute Gasteiger partial charge is 0.319 e. The van der Waals surface area contributed by atoms with Gasteiger partial charge in [0.25, 0.3) is 5.91 Å². The molecule has 0 spiro atoms. The van der Waals surface area contributed by atoms with Gasteiger partial charge in [-0.25, -0.2) is 9.18 Å². The van der Waals surface area contributed by atoms with Gasteiger partial charge in [0.2, 0.25) is 0 Å². The van der Waals surface area contributed by atoms with Crippen LogP contribution >= 0.6 is 0 Å². The Labute approximate surface area is 258 Å². The van der Waals surface area contributed by atoms with Crippen LogP contribution in [0.4, 0.5) is 20.6 Å². The predicted molar refractivity (Wildman–Crippen MR) is 168 cm³/mol. The highest BCUT2D eigenvalue weighted by molar-refractivity contribution is 6.04. The molecule has 44 heavy (non-hydrogen) atoms. The molecule has 0 saturated carbocycles. The summed E-state index contributed by atoms with van der Waals surface area (Å²) in [5.74, 6) is 0.623. The number of urea groups is 1. The number of carbonyl (C=O) groups excluding carboxylic acids is 2. The number of carbonyl (C=O) groups is 2. The third-order valence-corrected chi connectivity index (χ3v) is 8.74. The molecule has 3 aromatic rings. The van der Waals surface area contributed by atoms with Crippen molar-refractivity contribution in [3.05, 3.63) is 72.0 Å². The first-order valence-corrected chi connectivity index (χ1v) is 15.3. The minimum atomic E-state index is -0.637. The van der Waals surface area contributed by atoms with E-state index in [-0.39, 0.29) is 17.6 Å². The molecule has 0 aliphatic carbocycles. The average molecular weight is 605 g/mol. The Hall–Kier alpha value is -4.31. The molecule has 5 rings (SSSR count). The summed E-state index contributed by atoms with van der Waals surface area (Å²) in [6, 6.07) is 16.6. The Kier molecular flexibility index (Phi) is 9.58. The topological polar surface area (TPSA) is 101 Å². The second-order valence-corrected chi connectivity index (χ2v) is 11.4. The lowest BCUT2D eigenvalue weighted by molar-refractivity contribution is -0.0824. The predicted octanol–water partition coefficient (Wildman–Crippen LogP) is 7.54. The summed E-state index contributed by atoms with van der Waals surface area (Å²) in [5, 5.41) is 8.49. The fourth-order valence-corrected chi connectivity index (χ4v) is 6.09. The highest BCUT2D eigenvalue weighted by Crippen LogP contribution is 2.44. The summed E-state index contributed by atoms with van der Waals surface area (Å²) in [5.41, 5.74) is 0.589. The van der Waals surface area contributed by atoms with Gasteiger partial charge in [0.1, 0.15) is 17.3 Å². The number of amides is 3. The number of rotatable bonds is 11. The minimum Gasteiger partial charge on any atom is -0.493 e. The van der Waals surface area contributed by atoms with Gasteiger partial charge >= 0.3 is 6.03 Å². The zero-order valence-electron chi connectivity index (χ0n) is 25.7. The largest absolute Gasteiger partial charge is 0.493 e. The highest BCUT2D eigenvalue weighted by atomic mass is 19.1. The van der Waals surface area contributed by atoms with Gasteiger partial charge in [-0.3, -0.25) is 9.69 Å². The highest BCUT2D eigenvalue weighted by Gasteiger charge is 2.48. The standard InChI is InChI=1S/C34H41FN4O5/c1-5-22(6-2)37-33(41)38-24-11-16-30(31(20-24)42-4)43-26-12-9-23(10-13-26)36-32(40)28-15-14-27(21-29(28)35)44-34-18-7-8-25(17-19-34)39(34)3/h9-16,20-22,25H,5-8,17-19H2,1-4H3,(H,36,40)(H2,37,38,41). The van der Waals surface area contributed by atoms with Gasteiger partial charge < -0.3 is 30.2 Å². The number of hydrogen-bond donors (Lipinski definition) is 3. The SMILES string of the molecule is CCC(CC)NC(=O)Nc1ccc(Oc2ccc(NC(=O)c3ccc(OC45CCCC(CC4)N5C)cc3F)cc2)c(OC)c1. The molecule has 3 N–H and O–H groups in total. The van der Waals surface area contributed by atoms with E-state index in [2.05, 4.69) is 27.9 Å². The lowest BCUT2D eigenvalue weighted by atomic mass is 10.0.